The fourth-order valence-corrected chi connectivity index (χ4v) is 2.78. The van der Waals surface area contributed by atoms with Crippen LogP contribution < -0.4 is 10.6 Å². The number of amides is 2. The summed E-state index contributed by atoms with van der Waals surface area (Å²) in [5.41, 5.74) is 1.85. The topological polar surface area (TPSA) is 84.2 Å². The molecule has 2 N–H and O–H groups in total. The van der Waals surface area contributed by atoms with Crippen LogP contribution in [0.3, 0.4) is 0 Å². The van der Waals surface area contributed by atoms with Crippen LogP contribution in [-0.4, -0.2) is 17.0 Å². The smallest absolute Gasteiger partial charge is 0.241 e. The van der Waals surface area contributed by atoms with Crippen LogP contribution in [0.5, 0.6) is 0 Å². The first-order chi connectivity index (χ1) is 11.5. The first-order valence-electron chi connectivity index (χ1n) is 8.11. The van der Waals surface area contributed by atoms with Gasteiger partial charge in [0.1, 0.15) is 11.2 Å². The summed E-state index contributed by atoms with van der Waals surface area (Å²) < 4.78 is 4.94. The number of hydrogen-bond acceptors (Lipinski definition) is 4. The maximum atomic E-state index is 12.7. The fourth-order valence-electron chi connectivity index (χ4n) is 2.78. The SMILES string of the molecule is CCc1cccc(C)c1NC(=O)C1(C(=O)Nc2cc(C)on2)CC1. The van der Waals surface area contributed by atoms with E-state index in [0.717, 1.165) is 23.2 Å². The lowest BCUT2D eigenvalue weighted by Gasteiger charge is -2.17. The third kappa shape index (κ3) is 2.91. The van der Waals surface area contributed by atoms with Gasteiger partial charge in [-0.25, -0.2) is 0 Å². The highest BCUT2D eigenvalue weighted by Crippen LogP contribution is 2.47. The molecular formula is C18H21N3O3. The van der Waals surface area contributed by atoms with E-state index in [1.54, 1.807) is 13.0 Å². The molecule has 1 fully saturated rings. The Morgan fingerprint density at radius 3 is 2.50 bits per heavy atom. The zero-order valence-electron chi connectivity index (χ0n) is 14.1. The predicted octanol–water partition coefficient (Wildman–Crippen LogP) is 3.21. The van der Waals surface area contributed by atoms with E-state index in [0.29, 0.717) is 24.4 Å². The molecule has 1 saturated carbocycles. The van der Waals surface area contributed by atoms with E-state index in [9.17, 15) is 9.59 Å². The molecule has 1 aliphatic rings. The fraction of sp³-hybridized carbons (Fsp3) is 0.389. The average Bonchev–Trinajstić information content (AvgIpc) is 3.28. The van der Waals surface area contributed by atoms with Crippen molar-refractivity contribution in [2.75, 3.05) is 10.6 Å². The molecule has 1 aromatic heterocycles. The van der Waals surface area contributed by atoms with Gasteiger partial charge in [0.15, 0.2) is 5.82 Å². The van der Waals surface area contributed by atoms with Crippen molar-refractivity contribution in [1.29, 1.82) is 0 Å². The second-order valence-electron chi connectivity index (χ2n) is 6.28. The van der Waals surface area contributed by atoms with Crippen LogP contribution in [0.2, 0.25) is 0 Å². The Morgan fingerprint density at radius 2 is 1.92 bits per heavy atom. The minimum atomic E-state index is -1.01. The van der Waals surface area contributed by atoms with E-state index in [2.05, 4.69) is 15.8 Å². The second kappa shape index (κ2) is 6.11. The standard InChI is InChI=1S/C18H21N3O3/c1-4-13-7-5-6-11(2)15(13)20-17(23)18(8-9-18)16(22)19-14-10-12(3)24-21-14/h5-7,10H,4,8-9H2,1-3H3,(H,20,23)(H,19,21,22). The summed E-state index contributed by atoms with van der Waals surface area (Å²) >= 11 is 0. The molecular weight excluding hydrogens is 306 g/mol. The van der Waals surface area contributed by atoms with Gasteiger partial charge in [0.25, 0.3) is 0 Å². The van der Waals surface area contributed by atoms with E-state index >= 15 is 0 Å². The van der Waals surface area contributed by atoms with Gasteiger partial charge in [-0.2, -0.15) is 0 Å². The van der Waals surface area contributed by atoms with Gasteiger partial charge in [0.05, 0.1) is 0 Å². The summed E-state index contributed by atoms with van der Waals surface area (Å²) in [6.07, 6.45) is 1.89. The average molecular weight is 327 g/mol. The number of nitrogens with one attached hydrogen (secondary N) is 2. The maximum absolute atomic E-state index is 12.7. The van der Waals surface area contributed by atoms with Gasteiger partial charge >= 0.3 is 0 Å². The molecule has 0 aliphatic heterocycles. The van der Waals surface area contributed by atoms with Crippen molar-refractivity contribution in [2.45, 2.75) is 40.0 Å². The Hall–Kier alpha value is -2.63. The zero-order valence-corrected chi connectivity index (χ0v) is 14.1. The lowest BCUT2D eigenvalue weighted by atomic mass is 10.0. The van der Waals surface area contributed by atoms with E-state index in [-0.39, 0.29) is 11.8 Å². The molecule has 2 aromatic rings. The molecule has 1 heterocycles. The number of anilines is 2. The number of hydrogen-bond donors (Lipinski definition) is 2. The molecule has 3 rings (SSSR count). The Balaban J connectivity index is 1.76. The normalized spacial score (nSPS) is 15.0. The number of aromatic nitrogens is 1. The van der Waals surface area contributed by atoms with Gasteiger partial charge in [-0.05, 0) is 44.2 Å². The highest BCUT2D eigenvalue weighted by molar-refractivity contribution is 6.17. The molecule has 1 aromatic carbocycles. The first-order valence-corrected chi connectivity index (χ1v) is 8.11. The second-order valence-corrected chi connectivity index (χ2v) is 6.28. The molecule has 6 heteroatoms. The highest BCUT2D eigenvalue weighted by Gasteiger charge is 2.56. The van der Waals surface area contributed by atoms with Crippen molar-refractivity contribution in [1.82, 2.24) is 5.16 Å². The van der Waals surface area contributed by atoms with Gasteiger partial charge in [-0.3, -0.25) is 9.59 Å². The number of aryl methyl sites for hydroxylation is 3. The predicted molar refractivity (Wildman–Crippen MR) is 90.7 cm³/mol. The number of benzene rings is 1. The van der Waals surface area contributed by atoms with Crippen LogP contribution >= 0.6 is 0 Å². The molecule has 24 heavy (non-hydrogen) atoms. The lowest BCUT2D eigenvalue weighted by Crippen LogP contribution is -2.36. The van der Waals surface area contributed by atoms with Crippen molar-refractivity contribution in [3.63, 3.8) is 0 Å². The van der Waals surface area contributed by atoms with E-state index in [4.69, 9.17) is 4.52 Å². The van der Waals surface area contributed by atoms with Gasteiger partial charge < -0.3 is 15.2 Å². The van der Waals surface area contributed by atoms with E-state index in [1.807, 2.05) is 32.0 Å². The highest BCUT2D eigenvalue weighted by atomic mass is 16.5. The molecule has 0 radical (unpaired) electrons. The summed E-state index contributed by atoms with van der Waals surface area (Å²) in [4.78, 5) is 25.3. The lowest BCUT2D eigenvalue weighted by molar-refractivity contribution is -0.131. The van der Waals surface area contributed by atoms with Crippen molar-refractivity contribution in [3.05, 3.63) is 41.2 Å². The number of nitrogens with zero attached hydrogens (tertiary/aromatic N) is 1. The van der Waals surface area contributed by atoms with E-state index in [1.165, 1.54) is 0 Å². The van der Waals surface area contributed by atoms with Gasteiger partial charge in [-0.15, -0.1) is 0 Å². The van der Waals surface area contributed by atoms with Crippen LogP contribution in [-0.2, 0) is 16.0 Å². The number of para-hydroxylation sites is 1. The summed E-state index contributed by atoms with van der Waals surface area (Å²) in [6.45, 7) is 5.73. The summed E-state index contributed by atoms with van der Waals surface area (Å²) in [5.74, 6) is 0.345. The van der Waals surface area contributed by atoms with Crippen molar-refractivity contribution in [2.24, 2.45) is 5.41 Å². The Kier molecular flexibility index (Phi) is 4.13. The molecule has 126 valence electrons. The molecule has 0 bridgehead atoms. The minimum Gasteiger partial charge on any atom is -0.360 e. The third-order valence-corrected chi connectivity index (χ3v) is 4.47. The van der Waals surface area contributed by atoms with Crippen LogP contribution in [0.1, 0.15) is 36.7 Å². The van der Waals surface area contributed by atoms with Crippen LogP contribution in [0.25, 0.3) is 0 Å². The van der Waals surface area contributed by atoms with Crippen molar-refractivity contribution in [3.8, 4) is 0 Å². The number of carbonyl (C=O) groups is 2. The Bertz CT molecular complexity index is 791. The monoisotopic (exact) mass is 327 g/mol. The summed E-state index contributed by atoms with van der Waals surface area (Å²) in [5, 5.41) is 9.37. The van der Waals surface area contributed by atoms with Gasteiger partial charge in [0.2, 0.25) is 11.8 Å². The van der Waals surface area contributed by atoms with Crippen molar-refractivity contribution < 1.29 is 14.1 Å². The van der Waals surface area contributed by atoms with Crippen LogP contribution in [0, 0.1) is 19.3 Å². The zero-order chi connectivity index (χ0) is 17.3. The first kappa shape index (κ1) is 16.2. The summed E-state index contributed by atoms with van der Waals surface area (Å²) in [6, 6.07) is 7.53. The summed E-state index contributed by atoms with van der Waals surface area (Å²) in [7, 11) is 0. The quantitative estimate of drug-likeness (QED) is 0.826. The maximum Gasteiger partial charge on any atom is 0.241 e. The molecule has 2 amide bonds. The Labute approximate surface area is 140 Å². The van der Waals surface area contributed by atoms with Crippen LogP contribution in [0.4, 0.5) is 11.5 Å². The molecule has 0 saturated heterocycles. The largest absolute Gasteiger partial charge is 0.360 e. The van der Waals surface area contributed by atoms with Crippen LogP contribution in [0.15, 0.2) is 28.8 Å². The molecule has 0 unspecified atom stereocenters. The molecule has 0 spiro atoms. The van der Waals surface area contributed by atoms with Crippen molar-refractivity contribution >= 4 is 23.3 Å². The van der Waals surface area contributed by atoms with Gasteiger partial charge in [0, 0.05) is 11.8 Å². The number of carbonyl (C=O) groups excluding carboxylic acids is 2. The molecule has 6 nitrogen and oxygen atoms in total. The van der Waals surface area contributed by atoms with Gasteiger partial charge in [-0.1, -0.05) is 30.3 Å². The molecule has 1 aliphatic carbocycles. The minimum absolute atomic E-state index is 0.260. The Morgan fingerprint density at radius 1 is 1.21 bits per heavy atom. The van der Waals surface area contributed by atoms with E-state index < -0.39 is 5.41 Å². The number of rotatable bonds is 5. The molecule has 0 atom stereocenters. The third-order valence-electron chi connectivity index (χ3n) is 4.47.